The van der Waals surface area contributed by atoms with E-state index in [0.29, 0.717) is 6.04 Å². The van der Waals surface area contributed by atoms with Gasteiger partial charge >= 0.3 is 0 Å². The zero-order valence-corrected chi connectivity index (χ0v) is 19.0. The summed E-state index contributed by atoms with van der Waals surface area (Å²) >= 11 is 0. The van der Waals surface area contributed by atoms with Crippen LogP contribution >= 0.6 is 12.4 Å². The van der Waals surface area contributed by atoms with Crippen molar-refractivity contribution in [3.8, 4) is 0 Å². The molecule has 0 saturated carbocycles. The quantitative estimate of drug-likeness (QED) is 0.529. The Hall–Kier alpha value is -2.37. The van der Waals surface area contributed by atoms with Crippen LogP contribution in [-0.2, 0) is 13.0 Å². The van der Waals surface area contributed by atoms with Gasteiger partial charge in [0.2, 0.25) is 0 Å². The van der Waals surface area contributed by atoms with Crippen LogP contribution in [-0.4, -0.2) is 53.0 Å². The lowest BCUT2D eigenvalue weighted by atomic mass is 10.1. The average molecular weight is 439 g/mol. The van der Waals surface area contributed by atoms with Gasteiger partial charge in [-0.15, -0.1) is 12.4 Å². The number of hydrogen-bond donors (Lipinski definition) is 0. The first-order chi connectivity index (χ1) is 14.8. The molecule has 5 nitrogen and oxygen atoms in total. The van der Waals surface area contributed by atoms with Gasteiger partial charge in [0.15, 0.2) is 6.29 Å². The molecule has 1 atom stereocenters. The van der Waals surface area contributed by atoms with Crippen LogP contribution in [0.5, 0.6) is 0 Å². The zero-order chi connectivity index (χ0) is 20.5. The summed E-state index contributed by atoms with van der Waals surface area (Å²) in [5, 5.41) is 0. The number of para-hydroxylation sites is 2. The fourth-order valence-electron chi connectivity index (χ4n) is 5.23. The third-order valence-corrected chi connectivity index (χ3v) is 6.80. The molecule has 0 N–H and O–H groups in total. The summed E-state index contributed by atoms with van der Waals surface area (Å²) < 4.78 is 2.29. The molecule has 3 heterocycles. The Balaban J connectivity index is 0.00000231. The molecule has 2 fully saturated rings. The lowest BCUT2D eigenvalue weighted by Crippen LogP contribution is -2.35. The minimum Gasteiger partial charge on any atom is -0.369 e. The summed E-state index contributed by atoms with van der Waals surface area (Å²) in [6, 6.07) is 15.2. The molecule has 31 heavy (non-hydrogen) atoms. The number of benzene rings is 2. The maximum absolute atomic E-state index is 11.8. The minimum atomic E-state index is 0. The number of likely N-dealkylation sites (tertiary alicyclic amines) is 1. The molecule has 0 amide bonds. The van der Waals surface area contributed by atoms with Crippen LogP contribution in [0.25, 0.3) is 11.0 Å². The predicted molar refractivity (Wildman–Crippen MR) is 129 cm³/mol. The number of hydrogen-bond acceptors (Lipinski definition) is 4. The van der Waals surface area contributed by atoms with Crippen LogP contribution in [0.15, 0.2) is 42.5 Å². The van der Waals surface area contributed by atoms with Gasteiger partial charge < -0.3 is 9.47 Å². The molecule has 5 rings (SSSR count). The first-order valence-electron chi connectivity index (χ1n) is 11.3. The predicted octanol–water partition coefficient (Wildman–Crippen LogP) is 4.56. The number of rotatable bonds is 6. The van der Waals surface area contributed by atoms with Gasteiger partial charge in [0.1, 0.15) is 5.82 Å². The summed E-state index contributed by atoms with van der Waals surface area (Å²) in [5.74, 6) is 1.08. The number of aryl methyl sites for hydroxylation is 1. The molecule has 2 saturated heterocycles. The topological polar surface area (TPSA) is 41.4 Å². The molecule has 0 spiro atoms. The van der Waals surface area contributed by atoms with Gasteiger partial charge in [-0.1, -0.05) is 18.2 Å². The summed E-state index contributed by atoms with van der Waals surface area (Å²) in [7, 11) is 0. The molecule has 6 heteroatoms. The van der Waals surface area contributed by atoms with Crippen LogP contribution in [0.3, 0.4) is 0 Å². The van der Waals surface area contributed by atoms with Crippen molar-refractivity contribution >= 4 is 35.4 Å². The fourth-order valence-corrected chi connectivity index (χ4v) is 5.23. The number of carbonyl (C=O) groups is 1. The molecule has 2 aliphatic rings. The van der Waals surface area contributed by atoms with Crippen molar-refractivity contribution in [2.75, 3.05) is 31.1 Å². The Kier molecular flexibility index (Phi) is 6.63. The molecule has 164 valence electrons. The Morgan fingerprint density at radius 2 is 1.90 bits per heavy atom. The highest BCUT2D eigenvalue weighted by Gasteiger charge is 2.30. The van der Waals surface area contributed by atoms with Gasteiger partial charge in [-0.25, -0.2) is 4.98 Å². The molecule has 3 aromatic rings. The highest BCUT2D eigenvalue weighted by molar-refractivity contribution is 5.85. The van der Waals surface area contributed by atoms with Crippen LogP contribution in [0.4, 0.5) is 5.69 Å². The van der Waals surface area contributed by atoms with Gasteiger partial charge in [-0.05, 0) is 69.1 Å². The van der Waals surface area contributed by atoms with Crippen molar-refractivity contribution in [1.82, 2.24) is 14.5 Å². The maximum atomic E-state index is 11.8. The second kappa shape index (κ2) is 9.41. The molecule has 1 aromatic heterocycles. The summed E-state index contributed by atoms with van der Waals surface area (Å²) in [4.78, 5) is 21.7. The van der Waals surface area contributed by atoms with Crippen LogP contribution < -0.4 is 4.90 Å². The molecular weight excluding hydrogens is 408 g/mol. The normalized spacial score (nSPS) is 19.1. The van der Waals surface area contributed by atoms with Gasteiger partial charge in [0, 0.05) is 43.3 Å². The van der Waals surface area contributed by atoms with Crippen LogP contribution in [0.2, 0.25) is 0 Å². The van der Waals surface area contributed by atoms with E-state index in [0.717, 1.165) is 54.9 Å². The van der Waals surface area contributed by atoms with E-state index in [2.05, 4.69) is 51.6 Å². The number of anilines is 1. The zero-order valence-electron chi connectivity index (χ0n) is 18.2. The van der Waals surface area contributed by atoms with E-state index in [9.17, 15) is 4.79 Å². The Bertz CT molecular complexity index is 1060. The average Bonchev–Trinajstić information content (AvgIpc) is 3.52. The maximum Gasteiger partial charge on any atom is 0.152 e. The number of carbonyl (C=O) groups excluding carboxylic acids is 1. The van der Waals surface area contributed by atoms with Crippen molar-refractivity contribution in [1.29, 1.82) is 0 Å². The number of nitrogens with zero attached hydrogens (tertiary/aromatic N) is 4. The first-order valence-corrected chi connectivity index (χ1v) is 11.3. The Morgan fingerprint density at radius 3 is 2.68 bits per heavy atom. The number of fused-ring (bicyclic) bond motifs is 1. The van der Waals surface area contributed by atoms with E-state index in [1.165, 1.54) is 43.4 Å². The van der Waals surface area contributed by atoms with Gasteiger partial charge in [-0.3, -0.25) is 9.69 Å². The highest BCUT2D eigenvalue weighted by Crippen LogP contribution is 2.29. The van der Waals surface area contributed by atoms with E-state index in [1.807, 2.05) is 12.1 Å². The van der Waals surface area contributed by atoms with Crippen molar-refractivity contribution in [3.63, 3.8) is 0 Å². The van der Waals surface area contributed by atoms with Crippen molar-refractivity contribution in [2.24, 2.45) is 0 Å². The molecule has 0 bridgehead atoms. The molecule has 2 aromatic carbocycles. The summed E-state index contributed by atoms with van der Waals surface area (Å²) in [6.45, 7) is 7.58. The second-order valence-corrected chi connectivity index (χ2v) is 8.58. The Labute approximate surface area is 190 Å². The minimum absolute atomic E-state index is 0. The molecule has 1 unspecified atom stereocenters. The van der Waals surface area contributed by atoms with Gasteiger partial charge in [0.05, 0.1) is 11.0 Å². The second-order valence-electron chi connectivity index (χ2n) is 8.58. The monoisotopic (exact) mass is 438 g/mol. The van der Waals surface area contributed by atoms with Crippen molar-refractivity contribution in [3.05, 3.63) is 59.4 Å². The number of aromatic nitrogens is 2. The van der Waals surface area contributed by atoms with Crippen molar-refractivity contribution in [2.45, 2.75) is 45.2 Å². The molecule has 2 aliphatic heterocycles. The lowest BCUT2D eigenvalue weighted by Gasteiger charge is -2.25. The van der Waals surface area contributed by atoms with E-state index >= 15 is 0 Å². The number of halogens is 1. The SMILES string of the molecule is CCn1c(Cc2ccc(C=O)c(N3CCC(N4CCCC4)C3)c2)nc2ccccc21.Cl. The third kappa shape index (κ3) is 4.21. The van der Waals surface area contributed by atoms with E-state index in [4.69, 9.17) is 4.98 Å². The third-order valence-electron chi connectivity index (χ3n) is 6.80. The highest BCUT2D eigenvalue weighted by atomic mass is 35.5. The summed E-state index contributed by atoms with van der Waals surface area (Å²) in [5.41, 5.74) is 5.33. The first kappa shape index (κ1) is 21.8. The number of imidazole rings is 1. The molecule has 0 radical (unpaired) electrons. The number of aldehydes is 1. The Morgan fingerprint density at radius 1 is 1.10 bits per heavy atom. The van der Waals surface area contributed by atoms with Crippen molar-refractivity contribution < 1.29 is 4.79 Å². The van der Waals surface area contributed by atoms with Gasteiger partial charge in [-0.2, -0.15) is 0 Å². The molecule has 0 aliphatic carbocycles. The molecular formula is C25H31ClN4O. The van der Waals surface area contributed by atoms with E-state index in [-0.39, 0.29) is 12.4 Å². The van der Waals surface area contributed by atoms with Crippen LogP contribution in [0.1, 0.15) is 47.9 Å². The van der Waals surface area contributed by atoms with E-state index < -0.39 is 0 Å². The van der Waals surface area contributed by atoms with Gasteiger partial charge in [0.25, 0.3) is 0 Å². The summed E-state index contributed by atoms with van der Waals surface area (Å²) in [6.07, 6.45) is 5.61. The largest absolute Gasteiger partial charge is 0.369 e. The van der Waals surface area contributed by atoms with E-state index in [1.54, 1.807) is 0 Å². The van der Waals surface area contributed by atoms with Crippen LogP contribution in [0, 0.1) is 0 Å². The standard InChI is InChI=1S/C25H30N4O.ClH/c1-2-29-23-8-4-3-7-22(23)26-25(29)16-19-9-10-20(18-30)24(15-19)28-14-11-21(17-28)27-12-5-6-13-27;/h3-4,7-10,15,18,21H,2,5-6,11-14,16-17H2,1H3;1H. The lowest BCUT2D eigenvalue weighted by molar-refractivity contribution is 0.112. The smallest absolute Gasteiger partial charge is 0.152 e. The fraction of sp³-hybridized carbons (Fsp3) is 0.440.